The maximum Gasteiger partial charge on any atom is 0.301 e. The minimum absolute atomic E-state index is 0.0302. The summed E-state index contributed by atoms with van der Waals surface area (Å²) < 4.78 is 0. The fourth-order valence-electron chi connectivity index (χ4n) is 3.71. The molecule has 0 bridgehead atoms. The molecule has 6 heteroatoms. The van der Waals surface area contributed by atoms with Gasteiger partial charge < -0.3 is 5.11 Å². The van der Waals surface area contributed by atoms with Gasteiger partial charge in [0.2, 0.25) is 0 Å². The zero-order chi connectivity index (χ0) is 22.3. The van der Waals surface area contributed by atoms with Crippen LogP contribution in [0.15, 0.2) is 65.7 Å². The lowest BCUT2D eigenvalue weighted by Gasteiger charge is -2.24. The van der Waals surface area contributed by atoms with Crippen LogP contribution in [0, 0.1) is 6.92 Å². The van der Waals surface area contributed by atoms with Crippen molar-refractivity contribution >= 4 is 33.9 Å². The summed E-state index contributed by atoms with van der Waals surface area (Å²) in [6.07, 6.45) is 1.60. The third-order valence-corrected chi connectivity index (χ3v) is 6.26. The van der Waals surface area contributed by atoms with Crippen LogP contribution in [0.2, 0.25) is 0 Å². The van der Waals surface area contributed by atoms with E-state index in [1.54, 1.807) is 23.7 Å². The second kappa shape index (κ2) is 7.78. The van der Waals surface area contributed by atoms with Gasteiger partial charge in [0.05, 0.1) is 11.6 Å². The molecule has 1 fully saturated rings. The molecule has 2 heterocycles. The Labute approximate surface area is 185 Å². The summed E-state index contributed by atoms with van der Waals surface area (Å²) in [6.45, 7) is 8.32. The Morgan fingerprint density at radius 1 is 1.03 bits per heavy atom. The zero-order valence-electron chi connectivity index (χ0n) is 17.9. The monoisotopic (exact) mass is 432 g/mol. The first-order chi connectivity index (χ1) is 14.7. The molecular formula is C25H24N2O3S. The number of aliphatic hydroxyl groups is 1. The summed E-state index contributed by atoms with van der Waals surface area (Å²) in [6, 6.07) is 14.3. The molecule has 0 saturated carbocycles. The van der Waals surface area contributed by atoms with E-state index in [2.05, 4.69) is 25.8 Å². The molecule has 5 nitrogen and oxygen atoms in total. The van der Waals surface area contributed by atoms with E-state index in [1.165, 1.54) is 16.2 Å². The van der Waals surface area contributed by atoms with Crippen LogP contribution in [0.5, 0.6) is 0 Å². The van der Waals surface area contributed by atoms with E-state index in [-0.39, 0.29) is 16.7 Å². The van der Waals surface area contributed by atoms with Gasteiger partial charge in [0, 0.05) is 17.1 Å². The van der Waals surface area contributed by atoms with Gasteiger partial charge in [-0.3, -0.25) is 14.5 Å². The average Bonchev–Trinajstić information content (AvgIpc) is 3.34. The van der Waals surface area contributed by atoms with Crippen LogP contribution in [-0.2, 0) is 15.0 Å². The Morgan fingerprint density at radius 2 is 1.68 bits per heavy atom. The summed E-state index contributed by atoms with van der Waals surface area (Å²) >= 11 is 1.28. The highest BCUT2D eigenvalue weighted by atomic mass is 32.1. The number of carbonyl (C=O) groups excluding carboxylic acids is 2. The van der Waals surface area contributed by atoms with Crippen molar-refractivity contribution in [1.29, 1.82) is 0 Å². The number of Topliss-reactive ketones (excluding diaryl/α,β-unsaturated/α-hetero) is 1. The smallest absolute Gasteiger partial charge is 0.301 e. The summed E-state index contributed by atoms with van der Waals surface area (Å²) in [5.74, 6) is -1.58. The molecule has 31 heavy (non-hydrogen) atoms. The van der Waals surface area contributed by atoms with Gasteiger partial charge in [0.25, 0.3) is 5.78 Å². The molecule has 1 unspecified atom stereocenters. The van der Waals surface area contributed by atoms with Crippen molar-refractivity contribution in [3.8, 4) is 0 Å². The van der Waals surface area contributed by atoms with Crippen LogP contribution in [0.25, 0.3) is 5.76 Å². The maximum absolute atomic E-state index is 13.1. The highest BCUT2D eigenvalue weighted by Gasteiger charge is 2.48. The number of nitrogens with zero attached hydrogens (tertiary/aromatic N) is 2. The molecule has 1 amide bonds. The molecule has 0 spiro atoms. The van der Waals surface area contributed by atoms with E-state index in [0.717, 1.165) is 16.7 Å². The average molecular weight is 433 g/mol. The first-order valence-corrected chi connectivity index (χ1v) is 10.9. The highest BCUT2D eigenvalue weighted by Crippen LogP contribution is 2.43. The van der Waals surface area contributed by atoms with Gasteiger partial charge in [-0.2, -0.15) is 0 Å². The normalized spacial score (nSPS) is 18.6. The molecule has 1 aliphatic heterocycles. The van der Waals surface area contributed by atoms with Crippen LogP contribution >= 0.6 is 11.3 Å². The van der Waals surface area contributed by atoms with E-state index in [4.69, 9.17) is 0 Å². The topological polar surface area (TPSA) is 70.5 Å². The number of ketones is 1. The lowest BCUT2D eigenvalue weighted by Crippen LogP contribution is -2.29. The Balaban J connectivity index is 1.90. The molecule has 1 aliphatic rings. The Bertz CT molecular complexity index is 1150. The molecule has 3 aromatic rings. The van der Waals surface area contributed by atoms with Crippen molar-refractivity contribution < 1.29 is 14.7 Å². The van der Waals surface area contributed by atoms with Crippen molar-refractivity contribution in [2.75, 3.05) is 4.90 Å². The van der Waals surface area contributed by atoms with Gasteiger partial charge in [0.1, 0.15) is 5.76 Å². The first-order valence-electron chi connectivity index (χ1n) is 10.1. The summed E-state index contributed by atoms with van der Waals surface area (Å²) in [5.41, 5.74) is 3.47. The number of aliphatic hydroxyl groups excluding tert-OH is 1. The second-order valence-corrected chi connectivity index (χ2v) is 9.59. The number of hydrogen-bond donors (Lipinski definition) is 1. The number of thiazole rings is 1. The molecule has 158 valence electrons. The minimum Gasteiger partial charge on any atom is -0.507 e. The van der Waals surface area contributed by atoms with E-state index >= 15 is 0 Å². The van der Waals surface area contributed by atoms with Gasteiger partial charge in [-0.25, -0.2) is 4.98 Å². The fraction of sp³-hybridized carbons (Fsp3) is 0.240. The Morgan fingerprint density at radius 3 is 2.23 bits per heavy atom. The molecule has 1 aromatic heterocycles. The highest BCUT2D eigenvalue weighted by molar-refractivity contribution is 7.14. The quantitative estimate of drug-likeness (QED) is 0.343. The second-order valence-electron chi connectivity index (χ2n) is 8.72. The predicted octanol–water partition coefficient (Wildman–Crippen LogP) is 5.38. The molecule has 2 aromatic carbocycles. The number of benzene rings is 2. The SMILES string of the molecule is Cc1ccc(C(O)=C2C(=O)C(=O)N(c3nccs3)C2c2ccc(C(C)(C)C)cc2)cc1. The van der Waals surface area contributed by atoms with Crippen LogP contribution in [0.3, 0.4) is 0 Å². The number of rotatable bonds is 3. The number of aryl methyl sites for hydroxylation is 1. The van der Waals surface area contributed by atoms with Gasteiger partial charge in [-0.1, -0.05) is 74.9 Å². The third kappa shape index (κ3) is 3.79. The van der Waals surface area contributed by atoms with Crippen molar-refractivity contribution in [2.24, 2.45) is 0 Å². The number of hydrogen-bond acceptors (Lipinski definition) is 5. The van der Waals surface area contributed by atoms with Crippen molar-refractivity contribution in [2.45, 2.75) is 39.2 Å². The molecule has 1 N–H and O–H groups in total. The van der Waals surface area contributed by atoms with Gasteiger partial charge in [0.15, 0.2) is 5.13 Å². The standard InChI is InChI=1S/C25H24N2O3S/c1-15-5-7-17(8-6-15)21(28)19-20(16-9-11-18(12-10-16)25(2,3)4)27(23(30)22(19)29)24-26-13-14-31-24/h5-14,20,28H,1-4H3. The van der Waals surface area contributed by atoms with Crippen LogP contribution < -0.4 is 4.90 Å². The van der Waals surface area contributed by atoms with Gasteiger partial charge >= 0.3 is 5.91 Å². The summed E-state index contributed by atoms with van der Waals surface area (Å²) in [5, 5.41) is 13.3. The van der Waals surface area contributed by atoms with Crippen molar-refractivity contribution in [1.82, 2.24) is 4.98 Å². The lowest BCUT2D eigenvalue weighted by molar-refractivity contribution is -0.132. The Hall–Kier alpha value is -3.25. The first kappa shape index (κ1) is 21.0. The Kier molecular flexibility index (Phi) is 5.27. The summed E-state index contributed by atoms with van der Waals surface area (Å²) in [4.78, 5) is 31.7. The molecule has 0 aliphatic carbocycles. The largest absolute Gasteiger partial charge is 0.507 e. The van der Waals surface area contributed by atoms with Crippen LogP contribution in [-0.4, -0.2) is 21.8 Å². The molecule has 0 radical (unpaired) electrons. The van der Waals surface area contributed by atoms with Crippen LogP contribution in [0.1, 0.15) is 49.1 Å². The minimum atomic E-state index is -0.749. The van der Waals surface area contributed by atoms with Crippen molar-refractivity contribution in [3.63, 3.8) is 0 Å². The van der Waals surface area contributed by atoms with Crippen molar-refractivity contribution in [3.05, 3.63) is 87.9 Å². The summed E-state index contributed by atoms with van der Waals surface area (Å²) in [7, 11) is 0. The molecule has 1 atom stereocenters. The van der Waals surface area contributed by atoms with E-state index in [9.17, 15) is 14.7 Å². The molecular weight excluding hydrogens is 408 g/mol. The van der Waals surface area contributed by atoms with Crippen LogP contribution in [0.4, 0.5) is 5.13 Å². The third-order valence-electron chi connectivity index (χ3n) is 5.49. The molecule has 1 saturated heterocycles. The van der Waals surface area contributed by atoms with E-state index in [1.807, 2.05) is 43.3 Å². The number of carbonyl (C=O) groups is 2. The number of aromatic nitrogens is 1. The number of amides is 1. The van der Waals surface area contributed by atoms with Gasteiger partial charge in [-0.05, 0) is 23.5 Å². The number of anilines is 1. The van der Waals surface area contributed by atoms with E-state index in [0.29, 0.717) is 10.7 Å². The molecule has 4 rings (SSSR count). The van der Waals surface area contributed by atoms with Gasteiger partial charge in [-0.15, -0.1) is 11.3 Å². The maximum atomic E-state index is 13.1. The predicted molar refractivity (Wildman–Crippen MR) is 123 cm³/mol. The van der Waals surface area contributed by atoms with E-state index < -0.39 is 17.7 Å². The lowest BCUT2D eigenvalue weighted by atomic mass is 9.85. The zero-order valence-corrected chi connectivity index (χ0v) is 18.7. The fourth-order valence-corrected chi connectivity index (χ4v) is 4.38.